The van der Waals surface area contributed by atoms with Gasteiger partial charge in [0.2, 0.25) is 0 Å². The standard InChI is InChI=1S/C14H8Cl2N2OS/c15-9-1-3-12(16)11(6-9)13-4-2-10(19-13)5-8(7-17)14(18)20/h1-6H,(H2,18,20)/b8-5+. The fourth-order valence-corrected chi connectivity index (χ4v) is 2.05. The molecule has 1 aromatic carbocycles. The summed E-state index contributed by atoms with van der Waals surface area (Å²) in [6, 6.07) is 10.4. The monoisotopic (exact) mass is 322 g/mol. The van der Waals surface area contributed by atoms with Crippen molar-refractivity contribution in [1.82, 2.24) is 0 Å². The van der Waals surface area contributed by atoms with E-state index in [2.05, 4.69) is 0 Å². The Morgan fingerprint density at radius 3 is 2.70 bits per heavy atom. The summed E-state index contributed by atoms with van der Waals surface area (Å²) in [7, 11) is 0. The lowest BCUT2D eigenvalue weighted by Crippen LogP contribution is -2.09. The highest BCUT2D eigenvalue weighted by Crippen LogP contribution is 2.32. The van der Waals surface area contributed by atoms with Crippen LogP contribution in [0.15, 0.2) is 40.3 Å². The summed E-state index contributed by atoms with van der Waals surface area (Å²) in [4.78, 5) is 0.0197. The van der Waals surface area contributed by atoms with Crippen LogP contribution in [-0.4, -0.2) is 4.99 Å². The number of hydrogen-bond acceptors (Lipinski definition) is 3. The van der Waals surface area contributed by atoms with Crippen molar-refractivity contribution in [2.24, 2.45) is 5.73 Å². The van der Waals surface area contributed by atoms with Gasteiger partial charge in [0.25, 0.3) is 0 Å². The van der Waals surface area contributed by atoms with E-state index in [9.17, 15) is 0 Å². The molecule has 20 heavy (non-hydrogen) atoms. The molecule has 0 fully saturated rings. The number of thiocarbonyl (C=S) groups is 1. The normalized spacial score (nSPS) is 11.2. The number of halogens is 2. The van der Waals surface area contributed by atoms with Gasteiger partial charge >= 0.3 is 0 Å². The van der Waals surface area contributed by atoms with E-state index in [1.165, 1.54) is 6.08 Å². The molecular formula is C14H8Cl2N2OS. The molecule has 0 aliphatic carbocycles. The van der Waals surface area contributed by atoms with Crippen molar-refractivity contribution in [3.63, 3.8) is 0 Å². The smallest absolute Gasteiger partial charge is 0.136 e. The van der Waals surface area contributed by atoms with Gasteiger partial charge in [-0.2, -0.15) is 5.26 Å². The minimum Gasteiger partial charge on any atom is -0.457 e. The maximum atomic E-state index is 8.90. The first-order chi connectivity index (χ1) is 9.51. The van der Waals surface area contributed by atoms with Gasteiger partial charge in [-0.15, -0.1) is 0 Å². The Bertz CT molecular complexity index is 744. The molecule has 0 atom stereocenters. The Labute approximate surface area is 131 Å². The lowest BCUT2D eigenvalue weighted by molar-refractivity contribution is 0.571. The molecule has 0 aliphatic heterocycles. The molecule has 0 saturated carbocycles. The molecule has 2 aromatic rings. The summed E-state index contributed by atoms with van der Waals surface area (Å²) in [6.07, 6.45) is 1.48. The third kappa shape index (κ3) is 3.20. The molecule has 0 radical (unpaired) electrons. The second-order valence-corrected chi connectivity index (χ2v) is 5.14. The van der Waals surface area contributed by atoms with Crippen molar-refractivity contribution >= 4 is 46.5 Å². The number of hydrogen-bond donors (Lipinski definition) is 1. The van der Waals surface area contributed by atoms with Gasteiger partial charge in [-0.25, -0.2) is 0 Å². The maximum Gasteiger partial charge on any atom is 0.136 e. The topological polar surface area (TPSA) is 63.0 Å². The van der Waals surface area contributed by atoms with E-state index in [0.717, 1.165) is 0 Å². The lowest BCUT2D eigenvalue weighted by atomic mass is 10.2. The van der Waals surface area contributed by atoms with E-state index in [0.29, 0.717) is 27.1 Å². The van der Waals surface area contributed by atoms with Gasteiger partial charge in [0, 0.05) is 16.7 Å². The Balaban J connectivity index is 2.42. The Morgan fingerprint density at radius 2 is 2.05 bits per heavy atom. The van der Waals surface area contributed by atoms with Crippen molar-refractivity contribution in [2.75, 3.05) is 0 Å². The number of rotatable bonds is 3. The Morgan fingerprint density at radius 1 is 1.30 bits per heavy atom. The summed E-state index contributed by atoms with van der Waals surface area (Å²) in [5.74, 6) is 1.00. The van der Waals surface area contributed by atoms with Crippen LogP contribution in [0.25, 0.3) is 17.4 Å². The van der Waals surface area contributed by atoms with Gasteiger partial charge in [-0.1, -0.05) is 35.4 Å². The van der Waals surface area contributed by atoms with Crippen LogP contribution in [0.4, 0.5) is 0 Å². The van der Waals surface area contributed by atoms with Gasteiger partial charge in [0.05, 0.1) is 10.6 Å². The minimum absolute atomic E-state index is 0.0197. The number of nitriles is 1. The summed E-state index contributed by atoms with van der Waals surface area (Å²) in [5, 5.41) is 9.97. The zero-order valence-electron chi connectivity index (χ0n) is 10.1. The van der Waals surface area contributed by atoms with Gasteiger partial charge in [-0.05, 0) is 30.3 Å². The molecule has 0 saturated heterocycles. The van der Waals surface area contributed by atoms with Gasteiger partial charge in [-0.3, -0.25) is 0 Å². The zero-order chi connectivity index (χ0) is 14.7. The molecular weight excluding hydrogens is 315 g/mol. The van der Waals surface area contributed by atoms with Crippen LogP contribution in [0.5, 0.6) is 0 Å². The summed E-state index contributed by atoms with van der Waals surface area (Å²) >= 11 is 16.8. The quantitative estimate of drug-likeness (QED) is 0.515. The first-order valence-electron chi connectivity index (χ1n) is 5.48. The zero-order valence-corrected chi connectivity index (χ0v) is 12.4. The number of benzene rings is 1. The van der Waals surface area contributed by atoms with Crippen LogP contribution in [0.2, 0.25) is 10.0 Å². The number of nitrogens with two attached hydrogens (primary N) is 1. The van der Waals surface area contributed by atoms with Crippen molar-refractivity contribution in [3.8, 4) is 17.4 Å². The van der Waals surface area contributed by atoms with E-state index in [4.69, 9.17) is 50.8 Å². The predicted octanol–water partition coefficient (Wildman–Crippen LogP) is 4.45. The second kappa shape index (κ2) is 6.10. The summed E-state index contributed by atoms with van der Waals surface area (Å²) in [6.45, 7) is 0. The van der Waals surface area contributed by atoms with Crippen LogP contribution in [0, 0.1) is 11.3 Å². The van der Waals surface area contributed by atoms with E-state index in [1.807, 2.05) is 6.07 Å². The van der Waals surface area contributed by atoms with Gasteiger partial charge < -0.3 is 10.2 Å². The molecule has 2 N–H and O–H groups in total. The van der Waals surface area contributed by atoms with Crippen LogP contribution < -0.4 is 5.73 Å². The van der Waals surface area contributed by atoms with E-state index < -0.39 is 0 Å². The van der Waals surface area contributed by atoms with E-state index >= 15 is 0 Å². The predicted molar refractivity (Wildman–Crippen MR) is 84.5 cm³/mol. The van der Waals surface area contributed by atoms with Crippen LogP contribution in [-0.2, 0) is 0 Å². The third-order valence-corrected chi connectivity index (χ3v) is 3.28. The van der Waals surface area contributed by atoms with E-state index in [1.54, 1.807) is 30.3 Å². The molecule has 2 rings (SSSR count). The average molecular weight is 323 g/mol. The maximum absolute atomic E-state index is 8.90. The minimum atomic E-state index is 0.0197. The molecule has 0 unspecified atom stereocenters. The highest BCUT2D eigenvalue weighted by molar-refractivity contribution is 7.80. The Kier molecular flexibility index (Phi) is 4.46. The Hall–Kier alpha value is -1.80. The highest BCUT2D eigenvalue weighted by Gasteiger charge is 2.09. The second-order valence-electron chi connectivity index (χ2n) is 3.86. The molecule has 0 spiro atoms. The summed E-state index contributed by atoms with van der Waals surface area (Å²) in [5.41, 5.74) is 6.27. The fraction of sp³-hybridized carbons (Fsp3) is 0. The molecule has 1 heterocycles. The molecule has 100 valence electrons. The molecule has 0 bridgehead atoms. The first kappa shape index (κ1) is 14.6. The van der Waals surface area contributed by atoms with Crippen molar-refractivity contribution < 1.29 is 4.42 Å². The molecule has 1 aromatic heterocycles. The average Bonchev–Trinajstić information content (AvgIpc) is 2.86. The van der Waals surface area contributed by atoms with Crippen LogP contribution in [0.1, 0.15) is 5.76 Å². The van der Waals surface area contributed by atoms with Gasteiger partial charge in [0.15, 0.2) is 0 Å². The lowest BCUT2D eigenvalue weighted by Gasteiger charge is -2.01. The molecule has 6 heteroatoms. The van der Waals surface area contributed by atoms with Crippen molar-refractivity contribution in [3.05, 3.63) is 51.7 Å². The van der Waals surface area contributed by atoms with Crippen molar-refractivity contribution in [2.45, 2.75) is 0 Å². The SMILES string of the molecule is N#C/C(=C\c1ccc(-c2cc(Cl)ccc2Cl)o1)C(N)=S. The van der Waals surface area contributed by atoms with Crippen LogP contribution in [0.3, 0.4) is 0 Å². The largest absolute Gasteiger partial charge is 0.457 e. The highest BCUT2D eigenvalue weighted by atomic mass is 35.5. The summed E-state index contributed by atoms with van der Waals surface area (Å²) < 4.78 is 5.60. The molecule has 0 aliphatic rings. The third-order valence-electron chi connectivity index (χ3n) is 2.49. The number of furan rings is 1. The first-order valence-corrected chi connectivity index (χ1v) is 6.64. The van der Waals surface area contributed by atoms with Gasteiger partial charge in [0.1, 0.15) is 22.6 Å². The molecule has 3 nitrogen and oxygen atoms in total. The fourth-order valence-electron chi connectivity index (χ4n) is 1.56. The van der Waals surface area contributed by atoms with E-state index in [-0.39, 0.29) is 10.6 Å². The van der Waals surface area contributed by atoms with Crippen molar-refractivity contribution in [1.29, 1.82) is 5.26 Å². The van der Waals surface area contributed by atoms with Crippen LogP contribution >= 0.6 is 35.4 Å². The molecule has 0 amide bonds. The number of nitrogens with zero attached hydrogens (tertiary/aromatic N) is 1.